The van der Waals surface area contributed by atoms with Crippen molar-refractivity contribution in [3.8, 4) is 0 Å². The van der Waals surface area contributed by atoms with E-state index in [0.717, 1.165) is 17.1 Å². The molecule has 0 fully saturated rings. The second-order valence-electron chi connectivity index (χ2n) is 6.45. The summed E-state index contributed by atoms with van der Waals surface area (Å²) in [5, 5.41) is 0. The van der Waals surface area contributed by atoms with E-state index in [9.17, 15) is 0 Å². The van der Waals surface area contributed by atoms with Crippen molar-refractivity contribution in [1.82, 2.24) is 19.9 Å². The SMILES string of the molecule is Cc1cccc(C)n1.Cc1ccccn1.Cc1cccnc1.Cc1ccncc1. The predicted molar refractivity (Wildman–Crippen MR) is 121 cm³/mol. The first-order valence-electron chi connectivity index (χ1n) is 9.48. The van der Waals surface area contributed by atoms with Gasteiger partial charge in [-0.05, 0) is 88.2 Å². The van der Waals surface area contributed by atoms with Crippen LogP contribution < -0.4 is 0 Å². The molecule has 0 amide bonds. The lowest BCUT2D eigenvalue weighted by Crippen LogP contribution is -1.81. The molecule has 0 N–H and O–H groups in total. The predicted octanol–water partition coefficient (Wildman–Crippen LogP) is 5.87. The van der Waals surface area contributed by atoms with E-state index in [1.54, 1.807) is 24.8 Å². The number of pyridine rings is 4. The van der Waals surface area contributed by atoms with Crippen molar-refractivity contribution in [2.24, 2.45) is 0 Å². The van der Waals surface area contributed by atoms with Crippen molar-refractivity contribution in [2.45, 2.75) is 34.6 Å². The summed E-state index contributed by atoms with van der Waals surface area (Å²) in [5.41, 5.74) is 5.72. The minimum Gasteiger partial charge on any atom is -0.265 e. The zero-order valence-electron chi connectivity index (χ0n) is 17.9. The van der Waals surface area contributed by atoms with Gasteiger partial charge in [0.15, 0.2) is 0 Å². The molecule has 4 nitrogen and oxygen atoms in total. The highest BCUT2D eigenvalue weighted by Gasteiger charge is 1.82. The number of hydrogen-bond donors (Lipinski definition) is 0. The molecule has 0 aromatic carbocycles. The lowest BCUT2D eigenvalue weighted by Gasteiger charge is -1.90. The van der Waals surface area contributed by atoms with Gasteiger partial charge in [0, 0.05) is 48.1 Å². The van der Waals surface area contributed by atoms with Gasteiger partial charge in [-0.2, -0.15) is 0 Å². The Morgan fingerprint density at radius 2 is 1.14 bits per heavy atom. The van der Waals surface area contributed by atoms with E-state index >= 15 is 0 Å². The molecule has 4 rings (SSSR count). The van der Waals surface area contributed by atoms with E-state index in [1.807, 2.05) is 101 Å². The third-order valence-electron chi connectivity index (χ3n) is 3.50. The summed E-state index contributed by atoms with van der Waals surface area (Å²) in [7, 11) is 0. The fraction of sp³-hybridized carbons (Fsp3) is 0.200. The zero-order chi connectivity index (χ0) is 21.3. The van der Waals surface area contributed by atoms with Gasteiger partial charge in [-0.1, -0.05) is 18.2 Å². The number of aryl methyl sites for hydroxylation is 5. The molecule has 0 atom stereocenters. The fourth-order valence-electron chi connectivity index (χ4n) is 2.00. The number of hydrogen-bond acceptors (Lipinski definition) is 4. The average molecular weight is 387 g/mol. The van der Waals surface area contributed by atoms with Crippen LogP contribution in [0.2, 0.25) is 0 Å². The van der Waals surface area contributed by atoms with E-state index in [2.05, 4.69) is 19.9 Å². The third-order valence-corrected chi connectivity index (χ3v) is 3.50. The molecule has 0 aliphatic rings. The number of nitrogens with zero attached hydrogens (tertiary/aromatic N) is 4. The summed E-state index contributed by atoms with van der Waals surface area (Å²) in [6.07, 6.45) is 8.97. The summed E-state index contributed by atoms with van der Waals surface area (Å²) >= 11 is 0. The summed E-state index contributed by atoms with van der Waals surface area (Å²) in [6.45, 7) is 10.0. The van der Waals surface area contributed by atoms with Crippen molar-refractivity contribution in [3.05, 3.63) is 120 Å². The molecule has 150 valence electrons. The Bertz CT molecular complexity index is 789. The fourth-order valence-corrected chi connectivity index (χ4v) is 2.00. The van der Waals surface area contributed by atoms with Crippen LogP contribution in [0.25, 0.3) is 0 Å². The molecular formula is C25H30N4. The van der Waals surface area contributed by atoms with Gasteiger partial charge in [-0.3, -0.25) is 19.9 Å². The maximum Gasteiger partial charge on any atom is 0.0375 e. The summed E-state index contributed by atoms with van der Waals surface area (Å²) in [4.78, 5) is 15.9. The van der Waals surface area contributed by atoms with E-state index in [1.165, 1.54) is 11.1 Å². The van der Waals surface area contributed by atoms with Crippen LogP contribution in [0.15, 0.2) is 91.6 Å². The van der Waals surface area contributed by atoms with Crippen molar-refractivity contribution >= 4 is 0 Å². The first-order chi connectivity index (χ1) is 14.0. The Morgan fingerprint density at radius 3 is 1.41 bits per heavy atom. The average Bonchev–Trinajstić information content (AvgIpc) is 2.71. The molecule has 0 unspecified atom stereocenters. The van der Waals surface area contributed by atoms with Crippen LogP contribution in [0.3, 0.4) is 0 Å². The topological polar surface area (TPSA) is 51.6 Å². The summed E-state index contributed by atoms with van der Waals surface area (Å²) < 4.78 is 0. The van der Waals surface area contributed by atoms with E-state index < -0.39 is 0 Å². The van der Waals surface area contributed by atoms with Gasteiger partial charge < -0.3 is 0 Å². The molecule has 0 aliphatic heterocycles. The molecule has 4 heteroatoms. The molecule has 0 radical (unpaired) electrons. The summed E-state index contributed by atoms with van der Waals surface area (Å²) in [5.74, 6) is 0. The third kappa shape index (κ3) is 13.4. The molecule has 4 aromatic rings. The Morgan fingerprint density at radius 1 is 0.483 bits per heavy atom. The summed E-state index contributed by atoms with van der Waals surface area (Å²) in [6, 6.07) is 19.7. The van der Waals surface area contributed by atoms with Gasteiger partial charge >= 0.3 is 0 Å². The highest BCUT2D eigenvalue weighted by atomic mass is 14.7. The smallest absolute Gasteiger partial charge is 0.0375 e. The molecule has 0 spiro atoms. The van der Waals surface area contributed by atoms with Crippen LogP contribution in [0, 0.1) is 34.6 Å². The van der Waals surface area contributed by atoms with Gasteiger partial charge in [0.25, 0.3) is 0 Å². The molecule has 0 saturated heterocycles. The van der Waals surface area contributed by atoms with E-state index in [-0.39, 0.29) is 0 Å². The van der Waals surface area contributed by atoms with Crippen LogP contribution in [0.5, 0.6) is 0 Å². The van der Waals surface area contributed by atoms with E-state index in [4.69, 9.17) is 0 Å². The van der Waals surface area contributed by atoms with Crippen molar-refractivity contribution in [3.63, 3.8) is 0 Å². The van der Waals surface area contributed by atoms with E-state index in [0.29, 0.717) is 0 Å². The van der Waals surface area contributed by atoms with Crippen LogP contribution in [0.4, 0.5) is 0 Å². The van der Waals surface area contributed by atoms with Crippen molar-refractivity contribution in [2.75, 3.05) is 0 Å². The second kappa shape index (κ2) is 14.6. The van der Waals surface area contributed by atoms with Gasteiger partial charge in [0.2, 0.25) is 0 Å². The quantitative estimate of drug-likeness (QED) is 0.379. The van der Waals surface area contributed by atoms with Gasteiger partial charge in [-0.15, -0.1) is 0 Å². The second-order valence-corrected chi connectivity index (χ2v) is 6.45. The monoisotopic (exact) mass is 386 g/mol. The molecule has 4 heterocycles. The van der Waals surface area contributed by atoms with Crippen LogP contribution in [-0.4, -0.2) is 19.9 Å². The minimum atomic E-state index is 1.07. The molecule has 0 bridgehead atoms. The highest BCUT2D eigenvalue weighted by molar-refractivity contribution is 5.08. The van der Waals surface area contributed by atoms with Gasteiger partial charge in [-0.25, -0.2) is 0 Å². The Hall–Kier alpha value is -3.40. The van der Waals surface area contributed by atoms with Crippen molar-refractivity contribution in [1.29, 1.82) is 0 Å². The van der Waals surface area contributed by atoms with Gasteiger partial charge in [0.1, 0.15) is 0 Å². The minimum absolute atomic E-state index is 1.07. The number of rotatable bonds is 0. The zero-order valence-corrected chi connectivity index (χ0v) is 17.9. The Labute approximate surface area is 174 Å². The first kappa shape index (κ1) is 23.6. The highest BCUT2D eigenvalue weighted by Crippen LogP contribution is 1.93. The molecule has 0 saturated carbocycles. The maximum absolute atomic E-state index is 4.17. The number of aromatic nitrogens is 4. The van der Waals surface area contributed by atoms with Crippen molar-refractivity contribution < 1.29 is 0 Å². The lowest BCUT2D eigenvalue weighted by atomic mass is 10.3. The molecule has 4 aromatic heterocycles. The Balaban J connectivity index is 0.000000194. The Kier molecular flexibility index (Phi) is 11.9. The lowest BCUT2D eigenvalue weighted by molar-refractivity contribution is 1.12. The maximum atomic E-state index is 4.17. The largest absolute Gasteiger partial charge is 0.265 e. The normalized spacial score (nSPS) is 8.86. The molecule has 29 heavy (non-hydrogen) atoms. The van der Waals surface area contributed by atoms with Crippen LogP contribution >= 0.6 is 0 Å². The van der Waals surface area contributed by atoms with Gasteiger partial charge in [0.05, 0.1) is 0 Å². The molecular weight excluding hydrogens is 356 g/mol. The molecule has 0 aliphatic carbocycles. The standard InChI is InChI=1S/C7H9N.3C6H7N/c1-6-4-3-5-7(2)8-6;1-6-2-4-7-5-3-6;1-6-3-2-4-7-5-6;1-6-4-2-3-5-7-6/h3-5H,1-2H3;3*2-5H,1H3. The van der Waals surface area contributed by atoms with Crippen LogP contribution in [0.1, 0.15) is 28.2 Å². The first-order valence-corrected chi connectivity index (χ1v) is 9.48. The van der Waals surface area contributed by atoms with Crippen LogP contribution in [-0.2, 0) is 0 Å².